The van der Waals surface area contributed by atoms with E-state index in [9.17, 15) is 0 Å². The van der Waals surface area contributed by atoms with Gasteiger partial charge >= 0.3 is 0 Å². The monoisotopic (exact) mass is 216 g/mol. The highest BCUT2D eigenvalue weighted by Gasteiger charge is 2.12. The molecule has 0 atom stereocenters. The minimum Gasteiger partial charge on any atom is -0.422 e. The Labute approximate surface area is 90.3 Å². The number of methoxy groups -OCH3 is 1. The summed E-state index contributed by atoms with van der Waals surface area (Å²) >= 11 is 0. The first-order valence-corrected chi connectivity index (χ1v) is 7.58. The fourth-order valence-corrected chi connectivity index (χ4v) is 3.46. The SMILES string of the molecule is COCCO[SiH2]CCC1CCCCC1. The standard InChI is InChI=1S/C11H24O2Si/c1-12-8-9-13-14-10-7-11-5-3-2-4-6-11/h11H,2-10,14H2,1H3. The van der Waals surface area contributed by atoms with Crippen molar-refractivity contribution < 1.29 is 9.16 Å². The van der Waals surface area contributed by atoms with E-state index in [0.29, 0.717) is 0 Å². The Morgan fingerprint density at radius 1 is 1.14 bits per heavy atom. The minimum absolute atomic E-state index is 0.234. The zero-order valence-corrected chi connectivity index (χ0v) is 10.9. The van der Waals surface area contributed by atoms with Gasteiger partial charge in [-0.15, -0.1) is 0 Å². The van der Waals surface area contributed by atoms with Crippen LogP contribution in [-0.4, -0.2) is 30.1 Å². The van der Waals surface area contributed by atoms with Crippen molar-refractivity contribution >= 4 is 9.76 Å². The van der Waals surface area contributed by atoms with Gasteiger partial charge in [-0.05, 0) is 12.0 Å². The molecule has 0 N–H and O–H groups in total. The lowest BCUT2D eigenvalue weighted by Crippen LogP contribution is -2.10. The highest BCUT2D eigenvalue weighted by atomic mass is 28.2. The van der Waals surface area contributed by atoms with E-state index in [0.717, 1.165) is 19.1 Å². The lowest BCUT2D eigenvalue weighted by atomic mass is 9.88. The van der Waals surface area contributed by atoms with Gasteiger partial charge in [0.2, 0.25) is 0 Å². The van der Waals surface area contributed by atoms with Gasteiger partial charge in [0.1, 0.15) is 0 Å². The van der Waals surface area contributed by atoms with E-state index in [1.54, 1.807) is 7.11 Å². The molecule has 1 fully saturated rings. The molecule has 3 heteroatoms. The third kappa shape index (κ3) is 5.78. The molecule has 0 bridgehead atoms. The summed E-state index contributed by atoms with van der Waals surface area (Å²) in [5.41, 5.74) is 0. The summed E-state index contributed by atoms with van der Waals surface area (Å²) in [7, 11) is 1.50. The summed E-state index contributed by atoms with van der Waals surface area (Å²) in [5.74, 6) is 1.03. The third-order valence-electron chi connectivity index (χ3n) is 3.06. The first-order valence-electron chi connectivity index (χ1n) is 6.00. The molecule has 1 aliphatic rings. The van der Waals surface area contributed by atoms with Crippen molar-refractivity contribution in [3.8, 4) is 0 Å². The topological polar surface area (TPSA) is 18.5 Å². The van der Waals surface area contributed by atoms with Crippen LogP contribution in [0.25, 0.3) is 0 Å². The molecule has 0 aromatic carbocycles. The summed E-state index contributed by atoms with van der Waals surface area (Å²) < 4.78 is 10.5. The summed E-state index contributed by atoms with van der Waals surface area (Å²) in [6, 6.07) is 1.37. The van der Waals surface area contributed by atoms with Gasteiger partial charge in [0.25, 0.3) is 0 Å². The molecule has 0 radical (unpaired) electrons. The van der Waals surface area contributed by atoms with Gasteiger partial charge < -0.3 is 9.16 Å². The number of rotatable bonds is 7. The molecule has 1 saturated carbocycles. The zero-order valence-electron chi connectivity index (χ0n) is 9.46. The number of hydrogen-bond acceptors (Lipinski definition) is 2. The second kappa shape index (κ2) is 8.45. The van der Waals surface area contributed by atoms with Crippen LogP contribution in [0.1, 0.15) is 38.5 Å². The highest BCUT2D eigenvalue weighted by Crippen LogP contribution is 2.27. The van der Waals surface area contributed by atoms with E-state index in [-0.39, 0.29) is 9.76 Å². The zero-order chi connectivity index (χ0) is 10.1. The fourth-order valence-electron chi connectivity index (χ4n) is 2.19. The van der Waals surface area contributed by atoms with Crippen LogP contribution in [0.15, 0.2) is 0 Å². The van der Waals surface area contributed by atoms with Crippen LogP contribution in [0.4, 0.5) is 0 Å². The van der Waals surface area contributed by atoms with E-state index >= 15 is 0 Å². The molecule has 0 aromatic rings. The van der Waals surface area contributed by atoms with Crippen LogP contribution < -0.4 is 0 Å². The van der Waals surface area contributed by atoms with Crippen molar-refractivity contribution in [1.29, 1.82) is 0 Å². The summed E-state index contributed by atoms with van der Waals surface area (Å²) in [5, 5.41) is 0. The van der Waals surface area contributed by atoms with Crippen molar-refractivity contribution in [2.45, 2.75) is 44.6 Å². The van der Waals surface area contributed by atoms with E-state index in [4.69, 9.17) is 9.16 Å². The third-order valence-corrected chi connectivity index (χ3v) is 4.33. The van der Waals surface area contributed by atoms with Gasteiger partial charge in [-0.1, -0.05) is 38.5 Å². The maximum absolute atomic E-state index is 5.58. The van der Waals surface area contributed by atoms with Crippen molar-refractivity contribution in [3.05, 3.63) is 0 Å². The van der Waals surface area contributed by atoms with Crippen LogP contribution in [0.3, 0.4) is 0 Å². The van der Waals surface area contributed by atoms with Gasteiger partial charge in [0.05, 0.1) is 13.2 Å². The quantitative estimate of drug-likeness (QED) is 0.479. The van der Waals surface area contributed by atoms with E-state index < -0.39 is 0 Å². The molecule has 0 heterocycles. The summed E-state index contributed by atoms with van der Waals surface area (Å²) in [6.07, 6.45) is 8.80. The van der Waals surface area contributed by atoms with E-state index in [2.05, 4.69) is 0 Å². The Bertz CT molecular complexity index is 124. The first-order chi connectivity index (χ1) is 6.93. The molecule has 0 aliphatic heterocycles. The largest absolute Gasteiger partial charge is 0.422 e. The van der Waals surface area contributed by atoms with Gasteiger partial charge in [0.15, 0.2) is 9.76 Å². The van der Waals surface area contributed by atoms with Gasteiger partial charge in [-0.25, -0.2) is 0 Å². The molecule has 84 valence electrons. The smallest absolute Gasteiger partial charge is 0.161 e. The summed E-state index contributed by atoms with van der Waals surface area (Å²) in [6.45, 7) is 1.57. The molecule has 1 aliphatic carbocycles. The van der Waals surface area contributed by atoms with Crippen LogP contribution in [0, 0.1) is 5.92 Å². The molecular weight excluding hydrogens is 192 g/mol. The molecule has 0 saturated heterocycles. The number of ether oxygens (including phenoxy) is 1. The van der Waals surface area contributed by atoms with Crippen LogP contribution >= 0.6 is 0 Å². The van der Waals surface area contributed by atoms with Gasteiger partial charge in [-0.2, -0.15) is 0 Å². The van der Waals surface area contributed by atoms with Crippen LogP contribution in [0.2, 0.25) is 6.04 Å². The Morgan fingerprint density at radius 3 is 2.64 bits per heavy atom. The predicted octanol–water partition coefficient (Wildman–Crippen LogP) is 2.12. The van der Waals surface area contributed by atoms with Crippen molar-refractivity contribution in [3.63, 3.8) is 0 Å². The maximum Gasteiger partial charge on any atom is 0.161 e. The molecule has 0 spiro atoms. The minimum atomic E-state index is -0.234. The Hall–Kier alpha value is 0.137. The fraction of sp³-hybridized carbons (Fsp3) is 1.00. The molecule has 0 amide bonds. The van der Waals surface area contributed by atoms with E-state index in [1.807, 2.05) is 0 Å². The Kier molecular flexibility index (Phi) is 7.36. The highest BCUT2D eigenvalue weighted by molar-refractivity contribution is 6.26. The van der Waals surface area contributed by atoms with Crippen LogP contribution in [-0.2, 0) is 9.16 Å². The van der Waals surface area contributed by atoms with Crippen LogP contribution in [0.5, 0.6) is 0 Å². The van der Waals surface area contributed by atoms with Crippen molar-refractivity contribution in [1.82, 2.24) is 0 Å². The lowest BCUT2D eigenvalue weighted by Gasteiger charge is -2.21. The molecule has 0 aromatic heterocycles. The summed E-state index contributed by atoms with van der Waals surface area (Å²) in [4.78, 5) is 0. The molecule has 2 nitrogen and oxygen atoms in total. The predicted molar refractivity (Wildman–Crippen MR) is 62.4 cm³/mol. The Balaban J connectivity index is 1.82. The maximum atomic E-state index is 5.58. The lowest BCUT2D eigenvalue weighted by molar-refractivity contribution is 0.148. The van der Waals surface area contributed by atoms with Gasteiger partial charge in [-0.3, -0.25) is 0 Å². The van der Waals surface area contributed by atoms with Crippen molar-refractivity contribution in [2.24, 2.45) is 5.92 Å². The molecule has 14 heavy (non-hydrogen) atoms. The first kappa shape index (κ1) is 12.2. The Morgan fingerprint density at radius 2 is 1.93 bits per heavy atom. The van der Waals surface area contributed by atoms with Gasteiger partial charge in [0, 0.05) is 7.11 Å². The normalized spacial score (nSPS) is 19.5. The average molecular weight is 216 g/mol. The molecule has 0 unspecified atom stereocenters. The second-order valence-electron chi connectivity index (χ2n) is 4.25. The van der Waals surface area contributed by atoms with E-state index in [1.165, 1.54) is 44.6 Å². The molecule has 1 rings (SSSR count). The second-order valence-corrected chi connectivity index (χ2v) is 5.78. The number of hydrogen-bond donors (Lipinski definition) is 0. The average Bonchev–Trinajstić information content (AvgIpc) is 2.25. The molecular formula is C11H24O2Si. The van der Waals surface area contributed by atoms with Crippen molar-refractivity contribution in [2.75, 3.05) is 20.3 Å².